The van der Waals surface area contributed by atoms with Crippen LogP contribution in [0.2, 0.25) is 0 Å². The second-order valence-electron chi connectivity index (χ2n) is 6.57. The number of nitrogens with zero attached hydrogens (tertiary/aromatic N) is 2. The molecule has 0 radical (unpaired) electrons. The predicted octanol–water partition coefficient (Wildman–Crippen LogP) is 5.56. The molecule has 0 unspecified atom stereocenters. The van der Waals surface area contributed by atoms with E-state index in [0.717, 1.165) is 33.5 Å². The number of nitrogens with one attached hydrogen (secondary N) is 1. The predicted molar refractivity (Wildman–Crippen MR) is 110 cm³/mol. The molecule has 5 heteroatoms. The van der Waals surface area contributed by atoms with Gasteiger partial charge in [-0.05, 0) is 71.4 Å². The summed E-state index contributed by atoms with van der Waals surface area (Å²) < 4.78 is 2.77. The Balaban J connectivity index is 1.90. The first-order chi connectivity index (χ1) is 12.5. The second-order valence-corrected chi connectivity index (χ2v) is 7.43. The third-order valence-corrected chi connectivity index (χ3v) is 5.05. The molecule has 1 amide bonds. The maximum Gasteiger partial charge on any atom is 0.274 e. The number of hydrogen-bond donors (Lipinski definition) is 1. The Bertz CT molecular complexity index is 929. The largest absolute Gasteiger partial charge is 0.321 e. The van der Waals surface area contributed by atoms with E-state index in [9.17, 15) is 4.79 Å². The van der Waals surface area contributed by atoms with E-state index < -0.39 is 0 Å². The number of carbonyl (C=O) groups excluding carboxylic acids is 1. The minimum absolute atomic E-state index is 0.131. The van der Waals surface area contributed by atoms with E-state index in [-0.39, 0.29) is 5.91 Å². The topological polar surface area (TPSA) is 46.4 Å². The van der Waals surface area contributed by atoms with Gasteiger partial charge in [-0.1, -0.05) is 32.4 Å². The van der Waals surface area contributed by atoms with Gasteiger partial charge < -0.3 is 5.32 Å². The summed E-state index contributed by atoms with van der Waals surface area (Å²) in [6.45, 7) is 6.21. The number of amides is 1. The zero-order valence-corrected chi connectivity index (χ0v) is 17.1. The lowest BCUT2D eigenvalue weighted by atomic mass is 10.1. The molecular formula is C21H24BrN3O. The van der Waals surface area contributed by atoms with E-state index >= 15 is 0 Å². The van der Waals surface area contributed by atoms with Crippen molar-refractivity contribution in [2.24, 2.45) is 0 Å². The van der Waals surface area contributed by atoms with Crippen LogP contribution >= 0.6 is 15.9 Å². The number of pyridine rings is 1. The van der Waals surface area contributed by atoms with Gasteiger partial charge in [-0.2, -0.15) is 0 Å². The monoisotopic (exact) mass is 413 g/mol. The van der Waals surface area contributed by atoms with E-state index in [1.807, 2.05) is 42.6 Å². The fourth-order valence-corrected chi connectivity index (χ4v) is 3.73. The first kappa shape index (κ1) is 18.6. The average Bonchev–Trinajstić information content (AvgIpc) is 3.00. The molecule has 0 aliphatic heterocycles. The highest BCUT2D eigenvalue weighted by Crippen LogP contribution is 2.24. The van der Waals surface area contributed by atoms with E-state index in [1.165, 1.54) is 18.4 Å². The van der Waals surface area contributed by atoms with Crippen LogP contribution in [0.4, 0.5) is 5.69 Å². The number of aryl methyl sites for hydroxylation is 3. The average molecular weight is 414 g/mol. The summed E-state index contributed by atoms with van der Waals surface area (Å²) in [4.78, 5) is 17.6. The normalized spacial score (nSPS) is 11.1. The quantitative estimate of drug-likeness (QED) is 0.574. The van der Waals surface area contributed by atoms with Crippen molar-refractivity contribution in [2.45, 2.75) is 46.5 Å². The molecule has 2 heterocycles. The van der Waals surface area contributed by atoms with Crippen molar-refractivity contribution in [3.05, 3.63) is 63.5 Å². The maximum atomic E-state index is 13.0. The van der Waals surface area contributed by atoms with Crippen LogP contribution in [-0.4, -0.2) is 15.3 Å². The Hall–Kier alpha value is -2.14. The summed E-state index contributed by atoms with van der Waals surface area (Å²) >= 11 is 3.55. The number of anilines is 1. The lowest BCUT2D eigenvalue weighted by Gasteiger charge is -2.08. The van der Waals surface area contributed by atoms with Crippen LogP contribution in [-0.2, 0) is 12.8 Å². The van der Waals surface area contributed by atoms with Crippen molar-refractivity contribution in [3.63, 3.8) is 0 Å². The van der Waals surface area contributed by atoms with Gasteiger partial charge >= 0.3 is 0 Å². The molecule has 0 atom stereocenters. The molecule has 26 heavy (non-hydrogen) atoms. The highest BCUT2D eigenvalue weighted by atomic mass is 79.9. The number of halogens is 1. The molecule has 0 spiro atoms. The van der Waals surface area contributed by atoms with Gasteiger partial charge in [-0.15, -0.1) is 0 Å². The maximum absolute atomic E-state index is 13.0. The molecule has 0 fully saturated rings. The Morgan fingerprint density at radius 3 is 2.62 bits per heavy atom. The molecule has 3 aromatic rings. The molecule has 1 N–H and O–H groups in total. The number of carbonyl (C=O) groups is 1. The molecule has 1 aromatic carbocycles. The highest BCUT2D eigenvalue weighted by molar-refractivity contribution is 9.10. The molecule has 0 bridgehead atoms. The summed E-state index contributed by atoms with van der Waals surface area (Å²) in [7, 11) is 0. The van der Waals surface area contributed by atoms with Gasteiger partial charge in [-0.25, -0.2) is 4.98 Å². The number of rotatable bonds is 6. The minimum Gasteiger partial charge on any atom is -0.321 e. The van der Waals surface area contributed by atoms with E-state index in [1.54, 1.807) is 0 Å². The second kappa shape index (κ2) is 8.04. The van der Waals surface area contributed by atoms with Gasteiger partial charge in [0.25, 0.3) is 5.91 Å². The van der Waals surface area contributed by atoms with Crippen LogP contribution in [0.25, 0.3) is 5.65 Å². The number of unbranched alkanes of at least 4 members (excludes halogenated alkanes) is 1. The number of imidazole rings is 1. The lowest BCUT2D eigenvalue weighted by molar-refractivity contribution is 0.102. The zero-order valence-electron chi connectivity index (χ0n) is 15.5. The molecule has 0 saturated carbocycles. The first-order valence-corrected chi connectivity index (χ1v) is 9.90. The summed E-state index contributed by atoms with van der Waals surface area (Å²) in [6, 6.07) is 10.1. The Morgan fingerprint density at radius 1 is 1.23 bits per heavy atom. The highest BCUT2D eigenvalue weighted by Gasteiger charge is 2.20. The van der Waals surface area contributed by atoms with Crippen molar-refractivity contribution in [3.8, 4) is 0 Å². The lowest BCUT2D eigenvalue weighted by Crippen LogP contribution is -2.16. The summed E-state index contributed by atoms with van der Waals surface area (Å²) in [6.07, 6.45) is 6.09. The standard InChI is InChI=1S/C21H24BrN3O/c1-4-6-7-15-8-10-16(11-9-15)23-21(26)19-18(5-2)24-20-17(22)12-14(3)13-25(19)20/h8-13H,4-7H2,1-3H3,(H,23,26). The molecule has 0 aliphatic carbocycles. The van der Waals surface area contributed by atoms with Gasteiger partial charge in [0.05, 0.1) is 10.2 Å². The van der Waals surface area contributed by atoms with Crippen LogP contribution in [0.5, 0.6) is 0 Å². The number of fused-ring (bicyclic) bond motifs is 1. The Labute approximate surface area is 162 Å². The Kier molecular flexibility index (Phi) is 5.77. The zero-order chi connectivity index (χ0) is 18.7. The molecule has 136 valence electrons. The Morgan fingerprint density at radius 2 is 1.96 bits per heavy atom. The van der Waals surface area contributed by atoms with Crippen LogP contribution < -0.4 is 5.32 Å². The summed E-state index contributed by atoms with van der Waals surface area (Å²) in [5.41, 5.74) is 5.34. The number of hydrogen-bond acceptors (Lipinski definition) is 2. The van der Waals surface area contributed by atoms with Crippen LogP contribution in [0.1, 0.15) is 54.0 Å². The fourth-order valence-electron chi connectivity index (χ4n) is 3.09. The van der Waals surface area contributed by atoms with E-state index in [4.69, 9.17) is 0 Å². The van der Waals surface area contributed by atoms with E-state index in [0.29, 0.717) is 12.1 Å². The van der Waals surface area contributed by atoms with Crippen molar-refractivity contribution >= 4 is 33.2 Å². The van der Waals surface area contributed by atoms with Crippen LogP contribution in [0.3, 0.4) is 0 Å². The summed E-state index contributed by atoms with van der Waals surface area (Å²) in [5.74, 6) is -0.131. The third-order valence-electron chi connectivity index (χ3n) is 4.46. The van der Waals surface area contributed by atoms with Crippen molar-refractivity contribution in [2.75, 3.05) is 5.32 Å². The van der Waals surface area contributed by atoms with Crippen molar-refractivity contribution < 1.29 is 4.79 Å². The fraction of sp³-hybridized carbons (Fsp3) is 0.333. The van der Waals surface area contributed by atoms with Crippen molar-refractivity contribution in [1.29, 1.82) is 0 Å². The smallest absolute Gasteiger partial charge is 0.274 e. The number of aromatic nitrogens is 2. The molecular weight excluding hydrogens is 390 g/mol. The number of benzene rings is 1. The van der Waals surface area contributed by atoms with Gasteiger partial charge in [0.1, 0.15) is 5.69 Å². The van der Waals surface area contributed by atoms with Crippen LogP contribution in [0.15, 0.2) is 41.0 Å². The SMILES string of the molecule is CCCCc1ccc(NC(=O)c2c(CC)nc3c(Br)cc(C)cn23)cc1. The van der Waals surface area contributed by atoms with Gasteiger partial charge in [-0.3, -0.25) is 9.20 Å². The van der Waals surface area contributed by atoms with Gasteiger partial charge in [0.15, 0.2) is 5.65 Å². The summed E-state index contributed by atoms with van der Waals surface area (Å²) in [5, 5.41) is 3.02. The van der Waals surface area contributed by atoms with Crippen molar-refractivity contribution in [1.82, 2.24) is 9.38 Å². The first-order valence-electron chi connectivity index (χ1n) is 9.10. The van der Waals surface area contributed by atoms with Gasteiger partial charge in [0.2, 0.25) is 0 Å². The third kappa shape index (κ3) is 3.83. The minimum atomic E-state index is -0.131. The van der Waals surface area contributed by atoms with Gasteiger partial charge in [0, 0.05) is 11.9 Å². The van der Waals surface area contributed by atoms with E-state index in [2.05, 4.69) is 45.3 Å². The molecule has 3 rings (SSSR count). The molecule has 0 aliphatic rings. The molecule has 4 nitrogen and oxygen atoms in total. The molecule has 0 saturated heterocycles. The molecule has 2 aromatic heterocycles. The van der Waals surface area contributed by atoms with Crippen LogP contribution in [0, 0.1) is 6.92 Å².